The van der Waals surface area contributed by atoms with E-state index in [-0.39, 0.29) is 5.91 Å². The Labute approximate surface area is 128 Å². The van der Waals surface area contributed by atoms with Gasteiger partial charge in [-0.2, -0.15) is 0 Å². The number of piperidine rings is 1. The number of likely N-dealkylation sites (tertiary alicyclic amines) is 1. The number of benzene rings is 1. The molecule has 1 aromatic rings. The number of nitrogens with one attached hydrogen (secondary N) is 1. The Kier molecular flexibility index (Phi) is 5.80. The van der Waals surface area contributed by atoms with Crippen LogP contribution in [-0.4, -0.2) is 37.0 Å². The average Bonchev–Trinajstić information content (AvgIpc) is 2.42. The largest absolute Gasteiger partial charge is 0.352 e. The number of hydrogen-bond acceptors (Lipinski definition) is 2. The van der Waals surface area contributed by atoms with Gasteiger partial charge in [-0.3, -0.25) is 4.79 Å². The first-order valence-electron chi connectivity index (χ1n) is 8.12. The number of aryl methyl sites for hydroxylation is 1. The molecule has 1 fully saturated rings. The smallest absolute Gasteiger partial charge is 0.251 e. The van der Waals surface area contributed by atoms with Gasteiger partial charge in [0.05, 0.1) is 0 Å². The van der Waals surface area contributed by atoms with Crippen molar-refractivity contribution in [1.29, 1.82) is 0 Å². The highest BCUT2D eigenvalue weighted by Crippen LogP contribution is 2.20. The van der Waals surface area contributed by atoms with Crippen LogP contribution in [-0.2, 0) is 0 Å². The van der Waals surface area contributed by atoms with Crippen LogP contribution in [0.25, 0.3) is 0 Å². The van der Waals surface area contributed by atoms with Crippen LogP contribution in [0.5, 0.6) is 0 Å². The van der Waals surface area contributed by atoms with Gasteiger partial charge in [0.2, 0.25) is 0 Å². The molecule has 2 atom stereocenters. The number of rotatable bonds is 5. The molecule has 1 aliphatic rings. The first kappa shape index (κ1) is 16.0. The fourth-order valence-corrected chi connectivity index (χ4v) is 3.37. The van der Waals surface area contributed by atoms with E-state index < -0.39 is 0 Å². The summed E-state index contributed by atoms with van der Waals surface area (Å²) < 4.78 is 0. The van der Waals surface area contributed by atoms with E-state index in [1.165, 1.54) is 19.5 Å². The standard InChI is InChI=1S/C18H28N2O/c1-14-6-4-7-17(11-14)18(21)19-8-5-9-20-12-15(2)10-16(3)13-20/h4,6-7,11,15-16H,5,8-10,12-13H2,1-3H3,(H,19,21)/t15-,16-/m0/s1. The summed E-state index contributed by atoms with van der Waals surface area (Å²) in [6, 6.07) is 7.75. The van der Waals surface area contributed by atoms with Crippen LogP contribution < -0.4 is 5.32 Å². The van der Waals surface area contributed by atoms with Gasteiger partial charge < -0.3 is 10.2 Å². The van der Waals surface area contributed by atoms with Crippen molar-refractivity contribution in [3.05, 3.63) is 35.4 Å². The molecule has 0 aliphatic carbocycles. The predicted molar refractivity (Wildman–Crippen MR) is 87.5 cm³/mol. The zero-order valence-corrected chi connectivity index (χ0v) is 13.6. The molecule has 2 rings (SSSR count). The molecule has 1 amide bonds. The molecular weight excluding hydrogens is 260 g/mol. The Morgan fingerprint density at radius 1 is 1.29 bits per heavy atom. The lowest BCUT2D eigenvalue weighted by molar-refractivity contribution is 0.0947. The first-order valence-corrected chi connectivity index (χ1v) is 8.12. The zero-order valence-electron chi connectivity index (χ0n) is 13.6. The summed E-state index contributed by atoms with van der Waals surface area (Å²) >= 11 is 0. The van der Waals surface area contributed by atoms with Crippen LogP contribution >= 0.6 is 0 Å². The van der Waals surface area contributed by atoms with E-state index in [2.05, 4.69) is 24.1 Å². The van der Waals surface area contributed by atoms with Crippen molar-refractivity contribution in [2.24, 2.45) is 11.8 Å². The number of nitrogens with zero attached hydrogens (tertiary/aromatic N) is 1. The van der Waals surface area contributed by atoms with Crippen molar-refractivity contribution in [3.63, 3.8) is 0 Å². The molecule has 1 heterocycles. The van der Waals surface area contributed by atoms with Crippen LogP contribution in [0.3, 0.4) is 0 Å². The van der Waals surface area contributed by atoms with E-state index in [0.29, 0.717) is 0 Å². The number of carbonyl (C=O) groups excluding carboxylic acids is 1. The van der Waals surface area contributed by atoms with Gasteiger partial charge in [0.25, 0.3) is 5.91 Å². The van der Waals surface area contributed by atoms with Crippen molar-refractivity contribution in [2.45, 2.75) is 33.6 Å². The fourth-order valence-electron chi connectivity index (χ4n) is 3.37. The van der Waals surface area contributed by atoms with Crippen molar-refractivity contribution >= 4 is 5.91 Å². The minimum Gasteiger partial charge on any atom is -0.352 e. The maximum atomic E-state index is 12.0. The summed E-state index contributed by atoms with van der Waals surface area (Å²) in [4.78, 5) is 14.6. The molecule has 0 bridgehead atoms. The van der Waals surface area contributed by atoms with Crippen LogP contribution in [0.2, 0.25) is 0 Å². The SMILES string of the molecule is Cc1cccc(C(=O)NCCCN2C[C@@H](C)C[C@H](C)C2)c1. The highest BCUT2D eigenvalue weighted by molar-refractivity contribution is 5.94. The lowest BCUT2D eigenvalue weighted by atomic mass is 9.92. The van der Waals surface area contributed by atoms with Gasteiger partial charge in [0, 0.05) is 25.2 Å². The second-order valence-corrected chi connectivity index (χ2v) is 6.68. The second kappa shape index (κ2) is 7.60. The van der Waals surface area contributed by atoms with E-state index in [4.69, 9.17) is 0 Å². The molecule has 3 nitrogen and oxygen atoms in total. The molecule has 0 aromatic heterocycles. The minimum atomic E-state index is 0.0408. The Bertz CT molecular complexity index is 462. The molecule has 1 aliphatic heterocycles. The summed E-state index contributed by atoms with van der Waals surface area (Å²) in [7, 11) is 0. The third-order valence-corrected chi connectivity index (χ3v) is 4.16. The van der Waals surface area contributed by atoms with Gasteiger partial charge in [-0.15, -0.1) is 0 Å². The topological polar surface area (TPSA) is 32.3 Å². The zero-order chi connectivity index (χ0) is 15.2. The summed E-state index contributed by atoms with van der Waals surface area (Å²) in [5.74, 6) is 1.64. The number of carbonyl (C=O) groups is 1. The Morgan fingerprint density at radius 3 is 2.67 bits per heavy atom. The van der Waals surface area contributed by atoms with Gasteiger partial charge in [0.1, 0.15) is 0 Å². The quantitative estimate of drug-likeness (QED) is 0.844. The predicted octanol–water partition coefficient (Wildman–Crippen LogP) is 3.09. The van der Waals surface area contributed by atoms with Gasteiger partial charge >= 0.3 is 0 Å². The van der Waals surface area contributed by atoms with Gasteiger partial charge in [-0.25, -0.2) is 0 Å². The molecule has 1 saturated heterocycles. The maximum absolute atomic E-state index is 12.0. The Hall–Kier alpha value is -1.35. The summed E-state index contributed by atoms with van der Waals surface area (Å²) in [5, 5.41) is 3.02. The molecule has 0 radical (unpaired) electrons. The number of hydrogen-bond donors (Lipinski definition) is 1. The van der Waals surface area contributed by atoms with Crippen molar-refractivity contribution < 1.29 is 4.79 Å². The van der Waals surface area contributed by atoms with Crippen LogP contribution in [0.15, 0.2) is 24.3 Å². The Balaban J connectivity index is 1.69. The lowest BCUT2D eigenvalue weighted by Crippen LogP contribution is -2.40. The monoisotopic (exact) mass is 288 g/mol. The normalized spacial score (nSPS) is 23.0. The lowest BCUT2D eigenvalue weighted by Gasteiger charge is -2.34. The molecule has 0 saturated carbocycles. The van der Waals surface area contributed by atoms with Crippen molar-refractivity contribution in [1.82, 2.24) is 10.2 Å². The third kappa shape index (κ3) is 5.16. The highest BCUT2D eigenvalue weighted by atomic mass is 16.1. The van der Waals surface area contributed by atoms with Crippen LogP contribution in [0, 0.1) is 18.8 Å². The highest BCUT2D eigenvalue weighted by Gasteiger charge is 2.21. The molecule has 1 N–H and O–H groups in total. The number of amides is 1. The van der Waals surface area contributed by atoms with Crippen LogP contribution in [0.4, 0.5) is 0 Å². The fraction of sp³-hybridized carbons (Fsp3) is 0.611. The maximum Gasteiger partial charge on any atom is 0.251 e. The Morgan fingerprint density at radius 2 is 2.00 bits per heavy atom. The summed E-state index contributed by atoms with van der Waals surface area (Å²) in [5.41, 5.74) is 1.88. The molecule has 116 valence electrons. The van der Waals surface area contributed by atoms with Crippen molar-refractivity contribution in [3.8, 4) is 0 Å². The van der Waals surface area contributed by atoms with Gasteiger partial charge in [-0.1, -0.05) is 31.5 Å². The van der Waals surface area contributed by atoms with E-state index in [9.17, 15) is 4.79 Å². The second-order valence-electron chi connectivity index (χ2n) is 6.68. The molecule has 21 heavy (non-hydrogen) atoms. The first-order chi connectivity index (χ1) is 10.0. The summed E-state index contributed by atoms with van der Waals surface area (Å²) in [6.07, 6.45) is 2.37. The van der Waals surface area contributed by atoms with E-state index >= 15 is 0 Å². The van der Waals surface area contributed by atoms with E-state index in [1.807, 2.05) is 31.2 Å². The van der Waals surface area contributed by atoms with Gasteiger partial charge in [-0.05, 0) is 50.3 Å². The molecular formula is C18H28N2O. The molecule has 1 aromatic carbocycles. The van der Waals surface area contributed by atoms with E-state index in [1.54, 1.807) is 0 Å². The molecule has 0 unspecified atom stereocenters. The summed E-state index contributed by atoms with van der Waals surface area (Å²) in [6.45, 7) is 10.9. The van der Waals surface area contributed by atoms with Crippen molar-refractivity contribution in [2.75, 3.05) is 26.2 Å². The molecule has 0 spiro atoms. The van der Waals surface area contributed by atoms with E-state index in [0.717, 1.165) is 42.5 Å². The average molecular weight is 288 g/mol. The van der Waals surface area contributed by atoms with Crippen LogP contribution in [0.1, 0.15) is 42.6 Å². The third-order valence-electron chi connectivity index (χ3n) is 4.16. The molecule has 3 heteroatoms. The van der Waals surface area contributed by atoms with Gasteiger partial charge in [0.15, 0.2) is 0 Å². The minimum absolute atomic E-state index is 0.0408.